The van der Waals surface area contributed by atoms with Crippen LogP contribution in [0.2, 0.25) is 0 Å². The summed E-state index contributed by atoms with van der Waals surface area (Å²) in [6.07, 6.45) is -5.58. The highest BCUT2D eigenvalue weighted by molar-refractivity contribution is 6.26. The maximum atomic E-state index is 14.3. The first-order valence-corrected chi connectivity index (χ1v) is 7.32. The summed E-state index contributed by atoms with van der Waals surface area (Å²) in [6.45, 7) is -0.946. The van der Waals surface area contributed by atoms with Crippen molar-refractivity contribution >= 4 is 19.7 Å². The van der Waals surface area contributed by atoms with Gasteiger partial charge in [0.25, 0.3) is 0 Å². The van der Waals surface area contributed by atoms with Crippen LogP contribution >= 0.6 is 0 Å². The monoisotopic (exact) mass is 359 g/mol. The van der Waals surface area contributed by atoms with Gasteiger partial charge in [0.1, 0.15) is 32.3 Å². The van der Waals surface area contributed by atoms with Gasteiger partial charge in [-0.1, -0.05) is 0 Å². The molecular weight excluding hydrogens is 340 g/mol. The Labute approximate surface area is 144 Å². The van der Waals surface area contributed by atoms with Gasteiger partial charge in [-0.2, -0.15) is 0 Å². The lowest BCUT2D eigenvalue weighted by Gasteiger charge is -2.48. The van der Waals surface area contributed by atoms with E-state index in [1.807, 2.05) is 0 Å². The van der Waals surface area contributed by atoms with Crippen molar-refractivity contribution in [1.82, 2.24) is 5.32 Å². The predicted molar refractivity (Wildman–Crippen MR) is 81.0 cm³/mol. The van der Waals surface area contributed by atoms with Crippen LogP contribution in [0, 0.1) is 12.3 Å². The van der Waals surface area contributed by atoms with E-state index < -0.39 is 60.6 Å². The zero-order valence-corrected chi connectivity index (χ0v) is 13.1. The van der Waals surface area contributed by atoms with Crippen molar-refractivity contribution in [3.8, 4) is 12.3 Å². The van der Waals surface area contributed by atoms with Crippen molar-refractivity contribution in [2.24, 2.45) is 0 Å². The van der Waals surface area contributed by atoms with Crippen molar-refractivity contribution < 1.29 is 44.2 Å². The number of halogens is 1. The van der Waals surface area contributed by atoms with Crippen molar-refractivity contribution in [1.29, 1.82) is 0 Å². The number of amides is 1. The van der Waals surface area contributed by atoms with E-state index in [4.69, 9.17) is 29.2 Å². The third kappa shape index (κ3) is 4.48. The number of carbonyl (C=O) groups excluding carboxylic acids is 1. The topological polar surface area (TPSA) is 157 Å². The Morgan fingerprint density at radius 1 is 1.44 bits per heavy atom. The van der Waals surface area contributed by atoms with Crippen LogP contribution in [-0.2, 0) is 14.3 Å². The summed E-state index contributed by atoms with van der Waals surface area (Å²) in [4.78, 5) is 23.0. The number of nitrogens with one attached hydrogen (secondary N) is 1. The molecule has 138 valence electrons. The molecule has 6 N–H and O–H groups in total. The molecule has 1 amide bonds. The van der Waals surface area contributed by atoms with Gasteiger partial charge in [0.05, 0.1) is 12.6 Å². The minimum atomic E-state index is -3.03. The fourth-order valence-electron chi connectivity index (χ4n) is 2.38. The number of carboxylic acid groups (broad SMARTS) is 1. The summed E-state index contributed by atoms with van der Waals surface area (Å²) in [5, 5.41) is 49.8. The molecule has 1 saturated heterocycles. The minimum Gasteiger partial charge on any atom is -0.480 e. The van der Waals surface area contributed by atoms with Crippen molar-refractivity contribution in [2.45, 2.75) is 55.0 Å². The molecule has 1 rings (SSSR count). The number of ether oxygens (including phenoxy) is 1. The van der Waals surface area contributed by atoms with E-state index in [2.05, 4.69) is 11.2 Å². The molecule has 0 aliphatic carbocycles. The average Bonchev–Trinajstić information content (AvgIpc) is 2.58. The smallest absolute Gasteiger partial charge is 0.329 e. The summed E-state index contributed by atoms with van der Waals surface area (Å²) in [5.74, 6) is -0.498. The highest BCUT2D eigenvalue weighted by Gasteiger charge is 2.58. The highest BCUT2D eigenvalue weighted by atomic mass is 19.1. The maximum Gasteiger partial charge on any atom is 0.329 e. The number of carboxylic acids is 1. The standard InChI is InChI=1S/C14H19BFNO8/c1-2-3-4-7(20)17-8-10(22)12(16)14(15,13(23)24)25-11(8)9(21)6(19)5-18/h1,6,8-12,18-19,21-22H,3-5H2,(H,17,20)(H,23,24)/t6-,8?,9-,10?,11?,12?,14-/m1/s1. The van der Waals surface area contributed by atoms with Crippen LogP contribution in [0.15, 0.2) is 0 Å². The van der Waals surface area contributed by atoms with Gasteiger partial charge in [0, 0.05) is 12.8 Å². The maximum absolute atomic E-state index is 14.3. The fourth-order valence-corrected chi connectivity index (χ4v) is 2.38. The largest absolute Gasteiger partial charge is 0.480 e. The third-order valence-electron chi connectivity index (χ3n) is 3.84. The molecule has 25 heavy (non-hydrogen) atoms. The lowest BCUT2D eigenvalue weighted by Crippen LogP contribution is -2.72. The van der Waals surface area contributed by atoms with Crippen LogP contribution in [0.1, 0.15) is 12.8 Å². The summed E-state index contributed by atoms with van der Waals surface area (Å²) < 4.78 is 19.2. The number of aliphatic hydroxyl groups is 4. The Morgan fingerprint density at radius 2 is 2.04 bits per heavy atom. The van der Waals surface area contributed by atoms with Crippen LogP contribution in [0.3, 0.4) is 0 Å². The first kappa shape index (κ1) is 21.3. The van der Waals surface area contributed by atoms with Crippen LogP contribution in [-0.4, -0.2) is 94.0 Å². The number of rotatable bonds is 7. The van der Waals surface area contributed by atoms with Gasteiger partial charge in [0.2, 0.25) is 5.91 Å². The fraction of sp³-hybridized carbons (Fsp3) is 0.714. The van der Waals surface area contributed by atoms with Crippen LogP contribution in [0.4, 0.5) is 4.39 Å². The number of carbonyl (C=O) groups is 2. The second-order valence-electron chi connectivity index (χ2n) is 5.61. The number of hydrogen-bond donors (Lipinski definition) is 6. The molecule has 0 aromatic carbocycles. The van der Waals surface area contributed by atoms with Gasteiger partial charge in [0.15, 0.2) is 11.7 Å². The first-order valence-electron chi connectivity index (χ1n) is 7.32. The Hall–Kier alpha value is -1.71. The van der Waals surface area contributed by atoms with Crippen molar-refractivity contribution in [3.63, 3.8) is 0 Å². The van der Waals surface area contributed by atoms with E-state index in [1.165, 1.54) is 0 Å². The molecule has 0 aromatic rings. The lowest BCUT2D eigenvalue weighted by molar-refractivity contribution is -0.228. The minimum absolute atomic E-state index is 0.0387. The SMILES string of the molecule is [B][C@@]1(C(=O)O)OC([C@H](O)[C@H](O)CO)C(NC(=O)CCC#C)C(O)C1F. The summed E-state index contributed by atoms with van der Waals surface area (Å²) in [5.41, 5.74) is -3.03. The molecule has 7 atom stereocenters. The molecule has 0 aromatic heterocycles. The van der Waals surface area contributed by atoms with Crippen LogP contribution in [0.5, 0.6) is 0 Å². The van der Waals surface area contributed by atoms with Gasteiger partial charge in [-0.05, 0) is 0 Å². The van der Waals surface area contributed by atoms with Gasteiger partial charge < -0.3 is 35.6 Å². The van der Waals surface area contributed by atoms with Gasteiger partial charge in [-0.3, -0.25) is 4.79 Å². The number of terminal acetylenes is 1. The molecule has 1 aliphatic rings. The zero-order valence-electron chi connectivity index (χ0n) is 13.1. The van der Waals surface area contributed by atoms with E-state index in [0.717, 1.165) is 0 Å². The number of hydrogen-bond acceptors (Lipinski definition) is 7. The normalized spacial score (nSPS) is 34.6. The van der Waals surface area contributed by atoms with E-state index in [0.29, 0.717) is 0 Å². The number of aliphatic hydroxyl groups excluding tert-OH is 4. The average molecular weight is 359 g/mol. The first-order chi connectivity index (χ1) is 11.6. The van der Waals surface area contributed by atoms with E-state index in [9.17, 15) is 29.3 Å². The molecule has 1 aliphatic heterocycles. The molecule has 1 heterocycles. The van der Waals surface area contributed by atoms with Crippen LogP contribution in [0.25, 0.3) is 0 Å². The Bertz CT molecular complexity index is 543. The molecule has 4 unspecified atom stereocenters. The Morgan fingerprint density at radius 3 is 2.52 bits per heavy atom. The van der Waals surface area contributed by atoms with E-state index in [1.54, 1.807) is 0 Å². The summed E-state index contributed by atoms with van der Waals surface area (Å²) in [6, 6.07) is -1.65. The molecule has 0 bridgehead atoms. The predicted octanol–water partition coefficient (Wildman–Crippen LogP) is -3.35. The molecular formula is C14H19BFNO8. The number of alkyl halides is 1. The van der Waals surface area contributed by atoms with Crippen LogP contribution < -0.4 is 5.32 Å². The van der Waals surface area contributed by atoms with Gasteiger partial charge in [-0.15, -0.1) is 12.3 Å². The molecule has 2 radical (unpaired) electrons. The summed E-state index contributed by atoms with van der Waals surface area (Å²) in [7, 11) is 5.33. The molecule has 11 heteroatoms. The zero-order chi connectivity index (χ0) is 19.4. The van der Waals surface area contributed by atoms with Crippen molar-refractivity contribution in [2.75, 3.05) is 6.61 Å². The lowest BCUT2D eigenvalue weighted by atomic mass is 9.70. The van der Waals surface area contributed by atoms with E-state index >= 15 is 0 Å². The quantitative estimate of drug-likeness (QED) is 0.203. The Kier molecular flexibility index (Phi) is 7.34. The van der Waals surface area contributed by atoms with E-state index in [-0.39, 0.29) is 12.8 Å². The second-order valence-corrected chi connectivity index (χ2v) is 5.61. The summed E-state index contributed by atoms with van der Waals surface area (Å²) >= 11 is 0. The van der Waals surface area contributed by atoms with Gasteiger partial charge >= 0.3 is 5.97 Å². The molecule has 0 saturated carbocycles. The highest BCUT2D eigenvalue weighted by Crippen LogP contribution is 2.32. The number of aliphatic carboxylic acids is 1. The Balaban J connectivity index is 3.14. The second kappa shape index (κ2) is 8.60. The molecule has 9 nitrogen and oxygen atoms in total. The molecule has 1 fully saturated rings. The van der Waals surface area contributed by atoms with Crippen molar-refractivity contribution in [3.05, 3.63) is 0 Å². The third-order valence-corrected chi connectivity index (χ3v) is 3.84. The molecule has 0 spiro atoms. The van der Waals surface area contributed by atoms with Gasteiger partial charge in [-0.25, -0.2) is 9.18 Å².